The smallest absolute Gasteiger partial charge is 0.144 e. The first-order valence-electron chi connectivity index (χ1n) is 4.60. The van der Waals surface area contributed by atoms with Crippen LogP contribution in [-0.4, -0.2) is 13.3 Å². The van der Waals surface area contributed by atoms with Crippen LogP contribution in [0.15, 0.2) is 52.1 Å². The van der Waals surface area contributed by atoms with Crippen molar-refractivity contribution in [3.05, 3.63) is 48.4 Å². The third-order valence-corrected chi connectivity index (χ3v) is 1.96. The maximum absolute atomic E-state index is 5.13. The first-order chi connectivity index (χ1) is 7.38. The molecule has 1 aromatic heterocycles. The van der Waals surface area contributed by atoms with Gasteiger partial charge in [0.05, 0.1) is 25.3 Å². The van der Waals surface area contributed by atoms with E-state index in [1.54, 1.807) is 19.6 Å². The van der Waals surface area contributed by atoms with E-state index in [0.29, 0.717) is 0 Å². The first kappa shape index (κ1) is 9.52. The summed E-state index contributed by atoms with van der Waals surface area (Å²) >= 11 is 0. The number of aliphatic imine (C=N–C) groups is 1. The standard InChI is InChI=1S/C12H11NO2/c1-14-11-6-4-10(5-7-11)13-9-12-3-2-8-15-12/h2-9H,1H3. The maximum atomic E-state index is 5.13. The molecule has 3 nitrogen and oxygen atoms in total. The van der Waals surface area contributed by atoms with E-state index in [9.17, 15) is 0 Å². The topological polar surface area (TPSA) is 34.7 Å². The summed E-state index contributed by atoms with van der Waals surface area (Å²) in [6.07, 6.45) is 3.30. The molecule has 76 valence electrons. The Balaban J connectivity index is 2.11. The van der Waals surface area contributed by atoms with E-state index in [-0.39, 0.29) is 0 Å². The summed E-state index contributed by atoms with van der Waals surface area (Å²) in [6.45, 7) is 0. The highest BCUT2D eigenvalue weighted by molar-refractivity contribution is 5.78. The van der Waals surface area contributed by atoms with Crippen molar-refractivity contribution in [2.45, 2.75) is 0 Å². The molecular formula is C12H11NO2. The highest BCUT2D eigenvalue weighted by atomic mass is 16.5. The van der Waals surface area contributed by atoms with Crippen LogP contribution in [0.3, 0.4) is 0 Å². The zero-order valence-electron chi connectivity index (χ0n) is 8.38. The molecule has 0 aliphatic carbocycles. The van der Waals surface area contributed by atoms with Gasteiger partial charge < -0.3 is 9.15 Å². The van der Waals surface area contributed by atoms with Crippen LogP contribution in [0.1, 0.15) is 5.76 Å². The van der Waals surface area contributed by atoms with E-state index in [1.807, 2.05) is 36.4 Å². The Morgan fingerprint density at radius 2 is 2.00 bits per heavy atom. The van der Waals surface area contributed by atoms with Gasteiger partial charge in [0.25, 0.3) is 0 Å². The SMILES string of the molecule is COc1ccc(N=Cc2ccco2)cc1. The lowest BCUT2D eigenvalue weighted by atomic mass is 10.3. The lowest BCUT2D eigenvalue weighted by molar-refractivity contribution is 0.415. The monoisotopic (exact) mass is 201 g/mol. The van der Waals surface area contributed by atoms with E-state index < -0.39 is 0 Å². The molecule has 0 aliphatic rings. The molecule has 0 unspecified atom stereocenters. The number of methoxy groups -OCH3 is 1. The van der Waals surface area contributed by atoms with Crippen LogP contribution in [0.25, 0.3) is 0 Å². The number of hydrogen-bond acceptors (Lipinski definition) is 3. The van der Waals surface area contributed by atoms with Crippen molar-refractivity contribution < 1.29 is 9.15 Å². The van der Waals surface area contributed by atoms with Gasteiger partial charge in [-0.25, -0.2) is 0 Å². The minimum absolute atomic E-state index is 0.741. The van der Waals surface area contributed by atoms with E-state index in [2.05, 4.69) is 4.99 Å². The molecule has 15 heavy (non-hydrogen) atoms. The molecule has 0 fully saturated rings. The molecule has 0 saturated heterocycles. The molecule has 1 heterocycles. The minimum Gasteiger partial charge on any atom is -0.497 e. The molecule has 0 N–H and O–H groups in total. The lowest BCUT2D eigenvalue weighted by Gasteiger charge is -1.98. The van der Waals surface area contributed by atoms with Gasteiger partial charge in [-0.1, -0.05) is 0 Å². The Morgan fingerprint density at radius 3 is 2.60 bits per heavy atom. The Morgan fingerprint density at radius 1 is 1.20 bits per heavy atom. The second kappa shape index (κ2) is 4.46. The number of furan rings is 1. The summed E-state index contributed by atoms with van der Waals surface area (Å²) in [5.41, 5.74) is 0.868. The summed E-state index contributed by atoms with van der Waals surface area (Å²) in [6, 6.07) is 11.2. The van der Waals surface area contributed by atoms with Crippen molar-refractivity contribution in [1.82, 2.24) is 0 Å². The molecule has 0 aliphatic heterocycles. The van der Waals surface area contributed by atoms with Gasteiger partial charge in [-0.2, -0.15) is 0 Å². The van der Waals surface area contributed by atoms with E-state index >= 15 is 0 Å². The highest BCUT2D eigenvalue weighted by Crippen LogP contribution is 2.17. The zero-order chi connectivity index (χ0) is 10.5. The largest absolute Gasteiger partial charge is 0.497 e. The number of hydrogen-bond donors (Lipinski definition) is 0. The third-order valence-electron chi connectivity index (χ3n) is 1.96. The fourth-order valence-electron chi connectivity index (χ4n) is 1.17. The van der Waals surface area contributed by atoms with Gasteiger partial charge in [-0.3, -0.25) is 4.99 Å². The Hall–Kier alpha value is -2.03. The van der Waals surface area contributed by atoms with Gasteiger partial charge in [0.2, 0.25) is 0 Å². The van der Waals surface area contributed by atoms with Crippen molar-refractivity contribution in [2.24, 2.45) is 4.99 Å². The van der Waals surface area contributed by atoms with Crippen molar-refractivity contribution in [2.75, 3.05) is 7.11 Å². The summed E-state index contributed by atoms with van der Waals surface area (Å²) in [5.74, 6) is 1.57. The molecule has 2 rings (SSSR count). The second-order valence-electron chi connectivity index (χ2n) is 2.97. The summed E-state index contributed by atoms with van der Waals surface area (Å²) in [7, 11) is 1.64. The number of nitrogens with zero attached hydrogens (tertiary/aromatic N) is 1. The van der Waals surface area contributed by atoms with Gasteiger partial charge in [-0.05, 0) is 36.4 Å². The van der Waals surface area contributed by atoms with Gasteiger partial charge in [0.1, 0.15) is 11.5 Å². The van der Waals surface area contributed by atoms with E-state index in [1.165, 1.54) is 0 Å². The van der Waals surface area contributed by atoms with Crippen LogP contribution >= 0.6 is 0 Å². The quantitative estimate of drug-likeness (QED) is 0.715. The van der Waals surface area contributed by atoms with Crippen LogP contribution in [0.2, 0.25) is 0 Å². The molecule has 0 saturated carbocycles. The van der Waals surface area contributed by atoms with Crippen LogP contribution in [0.5, 0.6) is 5.75 Å². The van der Waals surface area contributed by atoms with Crippen LogP contribution in [-0.2, 0) is 0 Å². The van der Waals surface area contributed by atoms with Gasteiger partial charge >= 0.3 is 0 Å². The van der Waals surface area contributed by atoms with Crippen molar-refractivity contribution in [3.63, 3.8) is 0 Å². The molecule has 0 bridgehead atoms. The fourth-order valence-corrected chi connectivity index (χ4v) is 1.17. The van der Waals surface area contributed by atoms with Crippen LogP contribution in [0, 0.1) is 0 Å². The summed E-state index contributed by atoms with van der Waals surface area (Å²) in [5, 5.41) is 0. The van der Waals surface area contributed by atoms with Crippen LogP contribution < -0.4 is 4.74 Å². The average Bonchev–Trinajstić information content (AvgIpc) is 2.80. The average molecular weight is 201 g/mol. The van der Waals surface area contributed by atoms with Gasteiger partial charge in [0.15, 0.2) is 0 Å². The molecule has 0 spiro atoms. The number of benzene rings is 1. The molecule has 3 heteroatoms. The first-order valence-corrected chi connectivity index (χ1v) is 4.60. The molecule has 0 amide bonds. The predicted octanol–water partition coefficient (Wildman–Crippen LogP) is 3.04. The molecule has 2 aromatic rings. The summed E-state index contributed by atoms with van der Waals surface area (Å²) in [4.78, 5) is 4.25. The lowest BCUT2D eigenvalue weighted by Crippen LogP contribution is -1.80. The Bertz CT molecular complexity index is 429. The van der Waals surface area contributed by atoms with Crippen LogP contribution in [0.4, 0.5) is 5.69 Å². The van der Waals surface area contributed by atoms with E-state index in [4.69, 9.17) is 9.15 Å². The normalized spacial score (nSPS) is 10.7. The maximum Gasteiger partial charge on any atom is 0.144 e. The van der Waals surface area contributed by atoms with Crippen molar-refractivity contribution in [3.8, 4) is 5.75 Å². The second-order valence-corrected chi connectivity index (χ2v) is 2.97. The zero-order valence-corrected chi connectivity index (χ0v) is 8.38. The van der Waals surface area contributed by atoms with Crippen molar-refractivity contribution in [1.29, 1.82) is 0 Å². The Kier molecular flexibility index (Phi) is 2.83. The fraction of sp³-hybridized carbons (Fsp3) is 0.0833. The van der Waals surface area contributed by atoms with E-state index in [0.717, 1.165) is 17.2 Å². The predicted molar refractivity (Wildman–Crippen MR) is 59.0 cm³/mol. The number of rotatable bonds is 3. The molecule has 0 radical (unpaired) electrons. The molecule has 0 atom stereocenters. The Labute approximate surface area is 88.0 Å². The third kappa shape index (κ3) is 2.47. The van der Waals surface area contributed by atoms with Crippen molar-refractivity contribution >= 4 is 11.9 Å². The number of ether oxygens (including phenoxy) is 1. The highest BCUT2D eigenvalue weighted by Gasteiger charge is 1.92. The van der Waals surface area contributed by atoms with Gasteiger partial charge in [-0.15, -0.1) is 0 Å². The molecular weight excluding hydrogens is 190 g/mol. The molecule has 1 aromatic carbocycles. The summed E-state index contributed by atoms with van der Waals surface area (Å²) < 4.78 is 10.2. The van der Waals surface area contributed by atoms with Gasteiger partial charge in [0, 0.05) is 0 Å². The minimum atomic E-state index is 0.741.